The zero-order chi connectivity index (χ0) is 23.1. The number of sulfone groups is 1. The molecule has 3 rings (SSSR count). The molecule has 1 unspecified atom stereocenters. The Morgan fingerprint density at radius 2 is 1.77 bits per heavy atom. The van der Waals surface area contributed by atoms with E-state index in [2.05, 4.69) is 4.98 Å². The molecular weight excluding hydrogens is 441 g/mol. The van der Waals surface area contributed by atoms with Crippen molar-refractivity contribution in [3.8, 4) is 0 Å². The van der Waals surface area contributed by atoms with Crippen LogP contribution in [0.15, 0.2) is 47.5 Å². The van der Waals surface area contributed by atoms with E-state index < -0.39 is 44.1 Å². The number of imide groups is 1. The Hall–Kier alpha value is -3.48. The average molecular weight is 456 g/mol. The largest absolute Gasteiger partial charge is 0.501 e. The highest BCUT2D eigenvalue weighted by Gasteiger charge is 2.47. The Morgan fingerprint density at radius 3 is 2.32 bits per heavy atom. The van der Waals surface area contributed by atoms with E-state index in [1.54, 1.807) is 0 Å². The number of amides is 4. The monoisotopic (exact) mass is 456 g/mol. The normalized spacial score (nSPS) is 17.4. The van der Waals surface area contributed by atoms with Crippen molar-refractivity contribution in [2.45, 2.75) is 29.9 Å². The van der Waals surface area contributed by atoms with E-state index in [1.807, 2.05) is 0 Å². The number of urea groups is 1. The molecule has 164 valence electrons. The number of aromatic nitrogens is 1. The van der Waals surface area contributed by atoms with Gasteiger partial charge in [-0.05, 0) is 48.9 Å². The Morgan fingerprint density at radius 1 is 1.16 bits per heavy atom. The second kappa shape index (κ2) is 7.65. The molecule has 13 heteroatoms. The molecule has 1 aliphatic rings. The van der Waals surface area contributed by atoms with Crippen molar-refractivity contribution in [2.75, 3.05) is 4.90 Å². The number of hydrogen-bond acceptors (Lipinski definition) is 6. The van der Waals surface area contributed by atoms with E-state index in [9.17, 15) is 36.0 Å². The third-order valence-electron chi connectivity index (χ3n) is 4.62. The number of pyridine rings is 1. The topological polar surface area (TPSA) is 131 Å². The van der Waals surface area contributed by atoms with Crippen LogP contribution in [-0.2, 0) is 21.2 Å². The fraction of sp³-hybridized carbons (Fsp3) is 0.222. The summed E-state index contributed by atoms with van der Waals surface area (Å²) in [6.45, 7) is 1.39. The number of hydrogen-bond donors (Lipinski definition) is 1. The maximum Gasteiger partial charge on any atom is 0.501 e. The van der Waals surface area contributed by atoms with Gasteiger partial charge in [0.25, 0.3) is 21.7 Å². The third kappa shape index (κ3) is 3.95. The van der Waals surface area contributed by atoms with Gasteiger partial charge in [-0.2, -0.15) is 13.2 Å². The predicted molar refractivity (Wildman–Crippen MR) is 100 cm³/mol. The van der Waals surface area contributed by atoms with Gasteiger partial charge in [0, 0.05) is 12.7 Å². The maximum atomic E-state index is 12.8. The number of halogens is 3. The first kappa shape index (κ1) is 22.2. The number of alkyl halides is 3. The second-order valence-corrected chi connectivity index (χ2v) is 8.56. The highest BCUT2D eigenvalue weighted by molar-refractivity contribution is 7.92. The van der Waals surface area contributed by atoms with Crippen molar-refractivity contribution in [2.24, 2.45) is 5.73 Å². The van der Waals surface area contributed by atoms with E-state index >= 15 is 0 Å². The number of nitrogens with zero attached hydrogens (tertiary/aromatic N) is 3. The standard InChI is InChI=1S/C18H15F3N4O5S/c1-10-16(27)25(12-2-4-13(5-3-12)31(29,30)18(19,20)21)17(28)24(10)9-11-6-7-23-14(8-11)15(22)26/h2-8,10H,9H2,1H3,(H2,22,26). The minimum Gasteiger partial charge on any atom is -0.364 e. The molecule has 4 amide bonds. The summed E-state index contributed by atoms with van der Waals surface area (Å²) in [6.07, 6.45) is 1.32. The molecule has 0 radical (unpaired) electrons. The molecule has 1 atom stereocenters. The molecule has 0 bridgehead atoms. The Balaban J connectivity index is 1.87. The van der Waals surface area contributed by atoms with Gasteiger partial charge < -0.3 is 10.6 Å². The molecule has 1 aliphatic heterocycles. The van der Waals surface area contributed by atoms with Gasteiger partial charge in [0.2, 0.25) is 0 Å². The number of primary amides is 1. The van der Waals surface area contributed by atoms with Crippen LogP contribution in [0, 0.1) is 0 Å². The highest BCUT2D eigenvalue weighted by atomic mass is 32.2. The van der Waals surface area contributed by atoms with E-state index in [0.717, 1.165) is 17.0 Å². The van der Waals surface area contributed by atoms with Gasteiger partial charge >= 0.3 is 11.5 Å². The van der Waals surface area contributed by atoms with Crippen LogP contribution in [0.2, 0.25) is 0 Å². The number of nitrogens with two attached hydrogens (primary N) is 1. The van der Waals surface area contributed by atoms with Gasteiger partial charge in [0.05, 0.1) is 10.6 Å². The molecule has 1 aromatic carbocycles. The van der Waals surface area contributed by atoms with Gasteiger partial charge in [-0.3, -0.25) is 14.6 Å². The summed E-state index contributed by atoms with van der Waals surface area (Å²) in [4.78, 5) is 41.4. The second-order valence-electron chi connectivity index (χ2n) is 6.62. The summed E-state index contributed by atoms with van der Waals surface area (Å²) in [5.41, 5.74) is 0.0643. The van der Waals surface area contributed by atoms with Crippen molar-refractivity contribution in [3.05, 3.63) is 53.9 Å². The predicted octanol–water partition coefficient (Wildman–Crippen LogP) is 1.83. The lowest BCUT2D eigenvalue weighted by Gasteiger charge is -2.19. The highest BCUT2D eigenvalue weighted by Crippen LogP contribution is 2.32. The van der Waals surface area contributed by atoms with Gasteiger partial charge in [-0.1, -0.05) is 0 Å². The zero-order valence-corrected chi connectivity index (χ0v) is 16.6. The first-order chi connectivity index (χ1) is 14.3. The van der Waals surface area contributed by atoms with Gasteiger partial charge in [0.15, 0.2) is 0 Å². The molecule has 31 heavy (non-hydrogen) atoms. The van der Waals surface area contributed by atoms with E-state index in [0.29, 0.717) is 17.7 Å². The molecule has 9 nitrogen and oxygen atoms in total. The van der Waals surface area contributed by atoms with Crippen molar-refractivity contribution in [3.63, 3.8) is 0 Å². The third-order valence-corrected chi connectivity index (χ3v) is 6.12. The van der Waals surface area contributed by atoms with Crippen LogP contribution in [0.3, 0.4) is 0 Å². The number of anilines is 1. The number of rotatable bonds is 5. The fourth-order valence-corrected chi connectivity index (χ4v) is 3.72. The molecule has 2 N–H and O–H groups in total. The molecular formula is C18H15F3N4O5S. The molecule has 1 aromatic heterocycles. The number of carbonyl (C=O) groups excluding carboxylic acids is 3. The minimum atomic E-state index is -5.56. The van der Waals surface area contributed by atoms with Crippen molar-refractivity contribution in [1.29, 1.82) is 0 Å². The molecule has 2 aromatic rings. The lowest BCUT2D eigenvalue weighted by atomic mass is 10.2. The summed E-state index contributed by atoms with van der Waals surface area (Å²) in [5, 5.41) is 0. The van der Waals surface area contributed by atoms with Crippen LogP contribution >= 0.6 is 0 Å². The Bertz CT molecular complexity index is 1170. The van der Waals surface area contributed by atoms with Crippen LogP contribution in [-0.4, -0.2) is 47.7 Å². The summed E-state index contributed by atoms with van der Waals surface area (Å²) in [7, 11) is -5.56. The Kier molecular flexibility index (Phi) is 5.48. The van der Waals surface area contributed by atoms with E-state index in [1.165, 1.54) is 30.2 Å². The first-order valence-electron chi connectivity index (χ1n) is 8.65. The lowest BCUT2D eigenvalue weighted by molar-refractivity contribution is -0.119. The summed E-state index contributed by atoms with van der Waals surface area (Å²) in [5.74, 6) is -1.42. The van der Waals surface area contributed by atoms with Crippen molar-refractivity contribution < 1.29 is 36.0 Å². The van der Waals surface area contributed by atoms with E-state index in [4.69, 9.17) is 5.73 Å². The smallest absolute Gasteiger partial charge is 0.364 e. The van der Waals surface area contributed by atoms with Crippen molar-refractivity contribution in [1.82, 2.24) is 9.88 Å². The average Bonchev–Trinajstić information content (AvgIpc) is 2.91. The van der Waals surface area contributed by atoms with Gasteiger partial charge in [-0.15, -0.1) is 0 Å². The van der Waals surface area contributed by atoms with E-state index in [-0.39, 0.29) is 17.9 Å². The van der Waals surface area contributed by atoms with Crippen LogP contribution in [0.1, 0.15) is 23.0 Å². The quantitative estimate of drug-likeness (QED) is 0.683. The van der Waals surface area contributed by atoms with Crippen LogP contribution in [0.4, 0.5) is 23.7 Å². The summed E-state index contributed by atoms with van der Waals surface area (Å²) < 4.78 is 61.0. The lowest BCUT2D eigenvalue weighted by Crippen LogP contribution is -2.33. The van der Waals surface area contributed by atoms with Gasteiger partial charge in [-0.25, -0.2) is 18.1 Å². The number of benzene rings is 1. The molecule has 0 saturated carbocycles. The van der Waals surface area contributed by atoms with Crippen LogP contribution in [0.25, 0.3) is 0 Å². The number of carbonyl (C=O) groups is 3. The van der Waals surface area contributed by atoms with Crippen molar-refractivity contribution >= 4 is 33.4 Å². The summed E-state index contributed by atoms with van der Waals surface area (Å²) in [6, 6.07) is 4.45. The molecule has 0 spiro atoms. The SMILES string of the molecule is CC1C(=O)N(c2ccc(S(=O)(=O)C(F)(F)F)cc2)C(=O)N1Cc1ccnc(C(N)=O)c1. The fourth-order valence-electron chi connectivity index (χ4n) is 2.96. The van der Waals surface area contributed by atoms with Crippen LogP contribution < -0.4 is 10.6 Å². The molecule has 2 heterocycles. The van der Waals surface area contributed by atoms with Gasteiger partial charge in [0.1, 0.15) is 11.7 Å². The molecule has 1 fully saturated rings. The maximum absolute atomic E-state index is 12.8. The van der Waals surface area contributed by atoms with Crippen LogP contribution in [0.5, 0.6) is 0 Å². The minimum absolute atomic E-state index is 0.0264. The first-order valence-corrected chi connectivity index (χ1v) is 10.1. The zero-order valence-electron chi connectivity index (χ0n) is 15.8. The molecule has 1 saturated heterocycles. The summed E-state index contributed by atoms with van der Waals surface area (Å²) >= 11 is 0. The Labute approximate surface area is 174 Å². The molecule has 0 aliphatic carbocycles.